The average Bonchev–Trinajstić information content (AvgIpc) is 3.07. The Morgan fingerprint density at radius 2 is 1.84 bits per heavy atom. The summed E-state index contributed by atoms with van der Waals surface area (Å²) in [5, 5.41) is 3.11. The molecule has 4 rings (SSSR count). The van der Waals surface area contributed by atoms with E-state index < -0.39 is 4.87 Å². The zero-order valence-electron chi connectivity index (χ0n) is 14.6. The van der Waals surface area contributed by atoms with Crippen molar-refractivity contribution in [2.24, 2.45) is 0 Å². The number of carbonyl (C=O) groups excluding carboxylic acids is 2. The Bertz CT molecular complexity index is 885. The summed E-state index contributed by atoms with van der Waals surface area (Å²) in [6, 6.07) is 11.9. The number of fused-ring (bicyclic) bond motifs is 3. The number of amides is 2. The van der Waals surface area contributed by atoms with Gasteiger partial charge >= 0.3 is 0 Å². The van der Waals surface area contributed by atoms with Gasteiger partial charge in [0.05, 0.1) is 5.69 Å². The summed E-state index contributed by atoms with van der Waals surface area (Å²) in [4.78, 5) is 27.6. The third kappa shape index (κ3) is 2.37. The van der Waals surface area contributed by atoms with Crippen molar-refractivity contribution in [3.8, 4) is 0 Å². The quantitative estimate of drug-likeness (QED) is 0.882. The number of carbonyl (C=O) groups is 2. The number of nitrogens with one attached hydrogen (secondary N) is 1. The summed E-state index contributed by atoms with van der Waals surface area (Å²) < 4.78 is 0. The van der Waals surface area contributed by atoms with Crippen LogP contribution in [-0.4, -0.2) is 16.7 Å². The van der Waals surface area contributed by atoms with Gasteiger partial charge in [-0.15, -0.1) is 0 Å². The molecule has 0 radical (unpaired) electrons. The van der Waals surface area contributed by atoms with Crippen LogP contribution in [0.15, 0.2) is 41.3 Å². The number of para-hydroxylation sites is 1. The van der Waals surface area contributed by atoms with E-state index in [0.29, 0.717) is 12.8 Å². The number of aryl methyl sites for hydroxylation is 3. The van der Waals surface area contributed by atoms with Crippen molar-refractivity contribution in [3.63, 3.8) is 0 Å². The molecule has 0 aliphatic carbocycles. The van der Waals surface area contributed by atoms with Crippen molar-refractivity contribution < 1.29 is 9.59 Å². The topological polar surface area (TPSA) is 49.4 Å². The number of hydrogen-bond acceptors (Lipinski definition) is 3. The molecule has 4 nitrogen and oxygen atoms in total. The van der Waals surface area contributed by atoms with Gasteiger partial charge in [-0.1, -0.05) is 41.6 Å². The lowest BCUT2D eigenvalue weighted by atomic mass is 10.0. The number of nitrogens with zero attached hydrogens (tertiary/aromatic N) is 1. The second kappa shape index (κ2) is 5.63. The van der Waals surface area contributed by atoms with Gasteiger partial charge < -0.3 is 5.32 Å². The molecule has 1 N–H and O–H groups in total. The standard InChI is InChI=1S/C20H20N2O2S/c1-12-10-13(2)18(14(3)11-12)21-19(24)20-9-8-17(23)22(20)15-6-4-5-7-16(15)25-20/h4-7,10-11H,8-9H2,1-3H3,(H,21,24)/t20-/m0/s1. The van der Waals surface area contributed by atoms with Gasteiger partial charge in [-0.25, -0.2) is 0 Å². The van der Waals surface area contributed by atoms with E-state index in [9.17, 15) is 9.59 Å². The van der Waals surface area contributed by atoms with E-state index in [1.54, 1.807) is 4.90 Å². The lowest BCUT2D eigenvalue weighted by Gasteiger charge is -2.30. The number of benzene rings is 2. The Balaban J connectivity index is 1.72. The highest BCUT2D eigenvalue weighted by Gasteiger charge is 2.57. The van der Waals surface area contributed by atoms with Crippen LogP contribution in [0.25, 0.3) is 0 Å². The summed E-state index contributed by atoms with van der Waals surface area (Å²) in [6.45, 7) is 6.05. The van der Waals surface area contributed by atoms with Crippen LogP contribution in [-0.2, 0) is 9.59 Å². The third-order valence-corrected chi connectivity index (χ3v) is 6.42. The maximum Gasteiger partial charge on any atom is 0.261 e. The predicted molar refractivity (Wildman–Crippen MR) is 101 cm³/mol. The monoisotopic (exact) mass is 352 g/mol. The van der Waals surface area contributed by atoms with E-state index in [4.69, 9.17) is 0 Å². The molecule has 2 aromatic rings. The Hall–Kier alpha value is -2.27. The smallest absolute Gasteiger partial charge is 0.261 e. The van der Waals surface area contributed by atoms with E-state index in [1.807, 2.05) is 45.0 Å². The lowest BCUT2D eigenvalue weighted by Crippen LogP contribution is -2.49. The molecule has 2 aromatic carbocycles. The minimum absolute atomic E-state index is 0.0185. The normalized spacial score (nSPS) is 21.2. The molecular formula is C20H20N2O2S. The molecule has 2 aliphatic rings. The highest BCUT2D eigenvalue weighted by Crippen LogP contribution is 2.56. The van der Waals surface area contributed by atoms with Gasteiger partial charge in [0.2, 0.25) is 5.91 Å². The highest BCUT2D eigenvalue weighted by molar-refractivity contribution is 8.02. The van der Waals surface area contributed by atoms with E-state index in [1.165, 1.54) is 17.3 Å². The molecule has 2 amide bonds. The summed E-state index contributed by atoms with van der Waals surface area (Å²) in [7, 11) is 0. The van der Waals surface area contributed by atoms with Crippen LogP contribution < -0.4 is 10.2 Å². The van der Waals surface area contributed by atoms with Gasteiger partial charge in [0.25, 0.3) is 5.91 Å². The number of rotatable bonds is 2. The van der Waals surface area contributed by atoms with E-state index in [2.05, 4.69) is 17.4 Å². The molecule has 1 fully saturated rings. The van der Waals surface area contributed by atoms with E-state index >= 15 is 0 Å². The SMILES string of the molecule is Cc1cc(C)c(NC(=O)[C@@]23CCC(=O)N2c2ccccc2S3)c(C)c1. The van der Waals surface area contributed by atoms with Gasteiger partial charge in [-0.3, -0.25) is 14.5 Å². The number of hydrogen-bond donors (Lipinski definition) is 1. The molecule has 1 atom stereocenters. The third-order valence-electron chi connectivity index (χ3n) is 4.94. The average molecular weight is 352 g/mol. The van der Waals surface area contributed by atoms with E-state index in [0.717, 1.165) is 27.4 Å². The molecule has 128 valence electrons. The molecule has 5 heteroatoms. The first kappa shape index (κ1) is 16.2. The van der Waals surface area contributed by atoms with Crippen LogP contribution >= 0.6 is 11.8 Å². The first-order valence-corrected chi connectivity index (χ1v) is 9.24. The fraction of sp³-hybridized carbons (Fsp3) is 0.300. The molecule has 0 bridgehead atoms. The minimum Gasteiger partial charge on any atom is -0.323 e. The Morgan fingerprint density at radius 3 is 2.56 bits per heavy atom. The highest BCUT2D eigenvalue weighted by atomic mass is 32.2. The summed E-state index contributed by atoms with van der Waals surface area (Å²) in [6.07, 6.45) is 0.932. The summed E-state index contributed by atoms with van der Waals surface area (Å²) in [5.74, 6) is -0.0976. The molecule has 1 saturated heterocycles. The zero-order valence-corrected chi connectivity index (χ0v) is 15.4. The van der Waals surface area contributed by atoms with Crippen molar-refractivity contribution in [2.75, 3.05) is 10.2 Å². The fourth-order valence-corrected chi connectivity index (χ4v) is 5.30. The minimum atomic E-state index is -0.870. The van der Waals surface area contributed by atoms with Crippen LogP contribution in [0.4, 0.5) is 11.4 Å². The molecule has 0 saturated carbocycles. The molecule has 0 unspecified atom stereocenters. The Labute approximate surface area is 151 Å². The summed E-state index contributed by atoms with van der Waals surface area (Å²) in [5.41, 5.74) is 4.95. The van der Waals surface area contributed by atoms with Crippen molar-refractivity contribution in [2.45, 2.75) is 43.4 Å². The molecule has 2 heterocycles. The van der Waals surface area contributed by atoms with Crippen molar-refractivity contribution in [1.29, 1.82) is 0 Å². The number of anilines is 2. The lowest BCUT2D eigenvalue weighted by molar-refractivity contribution is -0.121. The van der Waals surface area contributed by atoms with Gasteiger partial charge in [0, 0.05) is 17.0 Å². The van der Waals surface area contributed by atoms with Crippen LogP contribution in [0.1, 0.15) is 29.5 Å². The fourth-order valence-electron chi connectivity index (χ4n) is 3.89. The zero-order chi connectivity index (χ0) is 17.8. The first-order valence-electron chi connectivity index (χ1n) is 8.43. The maximum atomic E-state index is 13.3. The number of thioether (sulfide) groups is 1. The summed E-state index contributed by atoms with van der Waals surface area (Å²) >= 11 is 1.49. The molecule has 2 aliphatic heterocycles. The van der Waals surface area contributed by atoms with Gasteiger partial charge in [-0.2, -0.15) is 0 Å². The van der Waals surface area contributed by atoms with Crippen LogP contribution in [0.2, 0.25) is 0 Å². The second-order valence-corrected chi connectivity index (χ2v) is 8.13. The van der Waals surface area contributed by atoms with Gasteiger partial charge in [-0.05, 0) is 50.5 Å². The Kier molecular flexibility index (Phi) is 3.65. The second-order valence-electron chi connectivity index (χ2n) is 6.81. The van der Waals surface area contributed by atoms with Crippen molar-refractivity contribution in [3.05, 3.63) is 53.1 Å². The van der Waals surface area contributed by atoms with Crippen LogP contribution in [0.3, 0.4) is 0 Å². The molecular weight excluding hydrogens is 332 g/mol. The molecule has 25 heavy (non-hydrogen) atoms. The maximum absolute atomic E-state index is 13.3. The van der Waals surface area contributed by atoms with Crippen molar-refractivity contribution >= 4 is 35.0 Å². The first-order chi connectivity index (χ1) is 11.9. The van der Waals surface area contributed by atoms with Crippen molar-refractivity contribution in [1.82, 2.24) is 0 Å². The molecule has 0 aromatic heterocycles. The van der Waals surface area contributed by atoms with Crippen LogP contribution in [0.5, 0.6) is 0 Å². The molecule has 0 spiro atoms. The predicted octanol–water partition coefficient (Wildman–Crippen LogP) is 4.18. The van der Waals surface area contributed by atoms with Gasteiger partial charge in [0.1, 0.15) is 0 Å². The Morgan fingerprint density at radius 1 is 1.16 bits per heavy atom. The largest absolute Gasteiger partial charge is 0.323 e. The van der Waals surface area contributed by atoms with E-state index in [-0.39, 0.29) is 11.8 Å². The van der Waals surface area contributed by atoms with Crippen LogP contribution in [0, 0.1) is 20.8 Å². The van der Waals surface area contributed by atoms with Gasteiger partial charge in [0.15, 0.2) is 4.87 Å².